The van der Waals surface area contributed by atoms with Gasteiger partial charge in [-0.3, -0.25) is 0 Å². The predicted octanol–water partition coefficient (Wildman–Crippen LogP) is 6.95. The van der Waals surface area contributed by atoms with Crippen LogP contribution in [0, 0.1) is 13.8 Å². The molecule has 2 aromatic carbocycles. The number of aryl methyl sites for hydroxylation is 2. The molecular formula is C33H34Cl2N4O4Si. The van der Waals surface area contributed by atoms with Gasteiger partial charge in [0.1, 0.15) is 10.3 Å². The molecule has 0 saturated heterocycles. The Hall–Kier alpha value is -3.89. The summed E-state index contributed by atoms with van der Waals surface area (Å²) in [5.41, 5.74) is 2.16. The molecule has 3 heterocycles. The van der Waals surface area contributed by atoms with Gasteiger partial charge in [0, 0.05) is 13.0 Å². The molecule has 44 heavy (non-hydrogen) atoms. The molecule has 0 bridgehead atoms. The average molecular weight is 650 g/mol. The maximum atomic E-state index is 10.4. The summed E-state index contributed by atoms with van der Waals surface area (Å²) in [5.74, 6) is 0.0704. The van der Waals surface area contributed by atoms with E-state index in [9.17, 15) is 4.79 Å². The normalized spacial score (nSPS) is 11.5. The van der Waals surface area contributed by atoms with Crippen LogP contribution >= 0.6 is 23.2 Å². The number of carboxylic acids is 1. The van der Waals surface area contributed by atoms with Crippen molar-refractivity contribution >= 4 is 47.9 Å². The third kappa shape index (κ3) is 7.60. The van der Waals surface area contributed by atoms with Crippen molar-refractivity contribution in [1.82, 2.24) is 20.1 Å². The Bertz CT molecular complexity index is 1670. The number of rotatable bonds is 8. The van der Waals surface area contributed by atoms with Crippen LogP contribution in [0.4, 0.5) is 0 Å². The fraction of sp³-hybridized carbons (Fsp3) is 0.242. The zero-order valence-electron chi connectivity index (χ0n) is 25.2. The second kappa shape index (κ2) is 14.3. The van der Waals surface area contributed by atoms with Crippen LogP contribution in [-0.4, -0.2) is 46.1 Å². The van der Waals surface area contributed by atoms with Gasteiger partial charge in [-0.15, -0.1) is 0 Å². The first-order chi connectivity index (χ1) is 20.9. The lowest BCUT2D eigenvalue weighted by atomic mass is 10.2. The molecule has 5 rings (SSSR count). The molecule has 1 N–H and O–H groups in total. The summed E-state index contributed by atoms with van der Waals surface area (Å²) >= 11 is 11.5. The summed E-state index contributed by atoms with van der Waals surface area (Å²) in [6.07, 6.45) is 0.550. The smallest absolute Gasteiger partial charge is 0.337 e. The number of benzene rings is 2. The highest BCUT2D eigenvalue weighted by Gasteiger charge is 2.50. The van der Waals surface area contributed by atoms with E-state index in [1.807, 2.05) is 25.1 Å². The Morgan fingerprint density at radius 3 is 1.86 bits per heavy atom. The van der Waals surface area contributed by atoms with E-state index in [1.165, 1.54) is 22.5 Å². The number of aromatic nitrogens is 4. The van der Waals surface area contributed by atoms with Gasteiger partial charge in [-0.2, -0.15) is 4.98 Å². The zero-order chi connectivity index (χ0) is 31.9. The van der Waals surface area contributed by atoms with Crippen molar-refractivity contribution in [3.63, 3.8) is 0 Å². The van der Waals surface area contributed by atoms with Crippen LogP contribution in [0.3, 0.4) is 0 Å². The molecule has 3 aromatic heterocycles. The molecule has 0 atom stereocenters. The van der Waals surface area contributed by atoms with Crippen LogP contribution in [0.25, 0.3) is 11.5 Å². The third-order valence-electron chi connectivity index (χ3n) is 7.09. The molecule has 228 valence electrons. The lowest BCUT2D eigenvalue weighted by Crippen LogP contribution is -2.66. The molecule has 0 radical (unpaired) electrons. The molecule has 0 aliphatic heterocycles. The lowest BCUT2D eigenvalue weighted by Gasteiger charge is -2.43. The van der Waals surface area contributed by atoms with E-state index < -0.39 is 14.3 Å². The number of carbonyl (C=O) groups is 1. The maximum Gasteiger partial charge on any atom is 0.337 e. The fourth-order valence-electron chi connectivity index (χ4n) is 5.03. The first-order valence-corrected chi connectivity index (χ1v) is 16.7. The predicted molar refractivity (Wildman–Crippen MR) is 175 cm³/mol. The van der Waals surface area contributed by atoms with E-state index in [4.69, 9.17) is 37.3 Å². The summed E-state index contributed by atoms with van der Waals surface area (Å²) in [6.45, 7) is 10.8. The van der Waals surface area contributed by atoms with Gasteiger partial charge in [-0.1, -0.05) is 110 Å². The second-order valence-electron chi connectivity index (χ2n) is 11.1. The molecule has 0 saturated carbocycles. The number of carboxylic acid groups (broad SMARTS) is 1. The monoisotopic (exact) mass is 648 g/mol. The van der Waals surface area contributed by atoms with E-state index >= 15 is 0 Å². The molecule has 5 aromatic rings. The maximum absolute atomic E-state index is 10.4. The van der Waals surface area contributed by atoms with Gasteiger partial charge in [0.05, 0.1) is 22.5 Å². The SMILES string of the molecule is Cc1nc(Cl)ccc1-c1nc(CCO[Si](c2ccccc2)(c2ccccc2)C(C)(C)C)no1.Cc1nc(Cl)ccc1C(=O)O. The van der Waals surface area contributed by atoms with Gasteiger partial charge in [0.15, 0.2) is 5.82 Å². The second-order valence-corrected chi connectivity index (χ2v) is 16.2. The van der Waals surface area contributed by atoms with Gasteiger partial charge in [0.2, 0.25) is 0 Å². The number of hydrogen-bond donors (Lipinski definition) is 1. The number of hydrogen-bond acceptors (Lipinski definition) is 7. The van der Waals surface area contributed by atoms with Gasteiger partial charge < -0.3 is 14.1 Å². The third-order valence-corrected chi connectivity index (χ3v) is 12.6. The quantitative estimate of drug-likeness (QED) is 0.142. The Balaban J connectivity index is 0.000000339. The molecule has 0 aliphatic rings. The van der Waals surface area contributed by atoms with Crippen molar-refractivity contribution in [2.75, 3.05) is 6.61 Å². The van der Waals surface area contributed by atoms with Crippen LogP contribution in [0.2, 0.25) is 15.3 Å². The van der Waals surface area contributed by atoms with Gasteiger partial charge in [-0.05, 0) is 53.5 Å². The largest absolute Gasteiger partial charge is 0.478 e. The van der Waals surface area contributed by atoms with E-state index in [0.29, 0.717) is 40.7 Å². The van der Waals surface area contributed by atoms with Crippen molar-refractivity contribution < 1.29 is 18.9 Å². The van der Waals surface area contributed by atoms with Crippen LogP contribution in [0.1, 0.15) is 48.3 Å². The number of nitrogens with zero attached hydrogens (tertiary/aromatic N) is 4. The van der Waals surface area contributed by atoms with Crippen LogP contribution < -0.4 is 10.4 Å². The molecule has 0 spiro atoms. The standard InChI is InChI=1S/C26H28ClN3O2Si.C7H6ClNO2/c1-19-22(15-16-23(27)28-19)25-29-24(30-32-25)17-18-31-33(26(2,3)4,20-11-7-5-8-12-20)21-13-9-6-10-14-21;1-4-5(7(10)11)2-3-6(8)9-4/h5-16H,17-18H2,1-4H3;2-3H,1H3,(H,10,11). The van der Waals surface area contributed by atoms with E-state index in [0.717, 1.165) is 11.3 Å². The Morgan fingerprint density at radius 1 is 0.818 bits per heavy atom. The summed E-state index contributed by atoms with van der Waals surface area (Å²) in [5, 5.41) is 15.9. The topological polar surface area (TPSA) is 111 Å². The number of pyridine rings is 2. The Morgan fingerprint density at radius 2 is 1.36 bits per heavy atom. The average Bonchev–Trinajstić information content (AvgIpc) is 3.44. The van der Waals surface area contributed by atoms with Gasteiger partial charge >= 0.3 is 5.97 Å². The van der Waals surface area contributed by atoms with Crippen molar-refractivity contribution in [1.29, 1.82) is 0 Å². The highest BCUT2D eigenvalue weighted by Crippen LogP contribution is 2.36. The van der Waals surface area contributed by atoms with Crippen molar-refractivity contribution in [3.05, 3.63) is 118 Å². The summed E-state index contributed by atoms with van der Waals surface area (Å²) < 4.78 is 12.4. The van der Waals surface area contributed by atoms with Gasteiger partial charge in [-0.25, -0.2) is 14.8 Å². The molecule has 11 heteroatoms. The molecule has 0 amide bonds. The van der Waals surface area contributed by atoms with Crippen molar-refractivity contribution in [2.24, 2.45) is 0 Å². The van der Waals surface area contributed by atoms with Crippen LogP contribution in [-0.2, 0) is 10.8 Å². The van der Waals surface area contributed by atoms with Crippen molar-refractivity contribution in [2.45, 2.75) is 46.1 Å². The zero-order valence-corrected chi connectivity index (χ0v) is 27.7. The summed E-state index contributed by atoms with van der Waals surface area (Å²) in [4.78, 5) is 23.1. The minimum absolute atomic E-state index is 0.0792. The summed E-state index contributed by atoms with van der Waals surface area (Å²) in [7, 11) is -2.59. The highest BCUT2D eigenvalue weighted by molar-refractivity contribution is 6.99. The van der Waals surface area contributed by atoms with E-state index in [1.54, 1.807) is 13.0 Å². The van der Waals surface area contributed by atoms with E-state index in [-0.39, 0.29) is 10.6 Å². The van der Waals surface area contributed by atoms with Crippen LogP contribution in [0.15, 0.2) is 89.5 Å². The molecule has 8 nitrogen and oxygen atoms in total. The highest BCUT2D eigenvalue weighted by atomic mass is 35.5. The fourth-order valence-corrected chi connectivity index (χ4v) is 9.98. The minimum atomic E-state index is -2.59. The molecular weight excluding hydrogens is 615 g/mol. The van der Waals surface area contributed by atoms with Crippen LogP contribution in [0.5, 0.6) is 0 Å². The molecule has 0 aliphatic carbocycles. The molecule has 0 fully saturated rings. The van der Waals surface area contributed by atoms with E-state index in [2.05, 4.69) is 89.4 Å². The lowest BCUT2D eigenvalue weighted by molar-refractivity contribution is 0.0695. The number of halogens is 2. The minimum Gasteiger partial charge on any atom is -0.478 e. The number of aromatic carboxylic acids is 1. The summed E-state index contributed by atoms with van der Waals surface area (Å²) in [6, 6.07) is 27.7. The van der Waals surface area contributed by atoms with Crippen molar-refractivity contribution in [3.8, 4) is 11.5 Å². The Kier molecular flexibility index (Phi) is 10.7. The molecule has 0 unspecified atom stereocenters. The van der Waals surface area contributed by atoms with Gasteiger partial charge in [0.25, 0.3) is 14.2 Å². The first-order valence-electron chi connectivity index (χ1n) is 14.0. The first kappa shape index (κ1) is 33.0. The Labute approximate surface area is 268 Å².